The molecule has 2 N–H and O–H groups in total. The molecule has 2 fully saturated rings. The normalized spacial score (nSPS) is 20.4. The van der Waals surface area contributed by atoms with Crippen LogP contribution < -0.4 is 0 Å². The van der Waals surface area contributed by atoms with Gasteiger partial charge in [0.1, 0.15) is 17.3 Å². The Kier molecular flexibility index (Phi) is 5.48. The maximum absolute atomic E-state index is 15.2. The van der Waals surface area contributed by atoms with Gasteiger partial charge >= 0.3 is 0 Å². The van der Waals surface area contributed by atoms with Crippen molar-refractivity contribution in [3.8, 4) is 11.1 Å². The van der Waals surface area contributed by atoms with Crippen LogP contribution in [0.25, 0.3) is 22.2 Å². The van der Waals surface area contributed by atoms with E-state index in [4.69, 9.17) is 0 Å². The second-order valence-electron chi connectivity index (χ2n) is 8.44. The highest BCUT2D eigenvalue weighted by Gasteiger charge is 2.40. The van der Waals surface area contributed by atoms with Crippen molar-refractivity contribution < 1.29 is 18.3 Å². The number of hydrogen-bond acceptors (Lipinski definition) is 4. The fraction of sp³-hybridized carbons (Fsp3) is 0.435. The molecule has 5 rings (SSSR count). The molecule has 0 saturated carbocycles. The van der Waals surface area contributed by atoms with Crippen molar-refractivity contribution in [3.05, 3.63) is 53.6 Å². The van der Waals surface area contributed by atoms with Crippen molar-refractivity contribution in [1.82, 2.24) is 14.9 Å². The molecule has 4 nitrogen and oxygen atoms in total. The lowest BCUT2D eigenvalue weighted by molar-refractivity contribution is -0.0411. The molecule has 0 unspecified atom stereocenters. The number of aromatic amines is 1. The summed E-state index contributed by atoms with van der Waals surface area (Å²) in [5.74, 6) is 0.136. The minimum absolute atomic E-state index is 0.187. The fourth-order valence-electron chi connectivity index (χ4n) is 4.99. The highest BCUT2D eigenvalue weighted by atomic mass is 32.2. The molecule has 31 heavy (non-hydrogen) atoms. The fourth-order valence-corrected chi connectivity index (χ4v) is 6.07. The number of nitrogens with zero attached hydrogens (tertiary/aromatic N) is 2. The molecule has 2 saturated heterocycles. The molecule has 2 aromatic heterocycles. The van der Waals surface area contributed by atoms with Gasteiger partial charge in [-0.2, -0.15) is 11.8 Å². The van der Waals surface area contributed by atoms with E-state index in [2.05, 4.69) is 14.9 Å². The smallest absolute Gasteiger partial charge is 0.150 e. The van der Waals surface area contributed by atoms with E-state index >= 15 is 8.78 Å². The minimum atomic E-state index is -1.54. The first-order valence-electron chi connectivity index (χ1n) is 10.6. The molecule has 8 heteroatoms. The van der Waals surface area contributed by atoms with Gasteiger partial charge < -0.3 is 15.0 Å². The Morgan fingerprint density at radius 1 is 1.06 bits per heavy atom. The van der Waals surface area contributed by atoms with Crippen LogP contribution in [-0.2, 0) is 5.60 Å². The maximum atomic E-state index is 15.2. The number of aliphatic hydroxyl groups is 1. The zero-order valence-electron chi connectivity index (χ0n) is 17.0. The Morgan fingerprint density at radius 3 is 2.42 bits per heavy atom. The van der Waals surface area contributed by atoms with Gasteiger partial charge in [-0.1, -0.05) is 0 Å². The molecular formula is C23H24F3N3OS. The summed E-state index contributed by atoms with van der Waals surface area (Å²) in [5.41, 5.74) is -0.947. The first-order valence-corrected chi connectivity index (χ1v) is 11.8. The van der Waals surface area contributed by atoms with Crippen molar-refractivity contribution >= 4 is 22.8 Å². The molecule has 0 atom stereocenters. The molecule has 4 heterocycles. The van der Waals surface area contributed by atoms with Gasteiger partial charge in [0.25, 0.3) is 0 Å². The van der Waals surface area contributed by atoms with Crippen LogP contribution in [0.5, 0.6) is 0 Å². The molecule has 0 bridgehead atoms. The van der Waals surface area contributed by atoms with Crippen LogP contribution >= 0.6 is 11.8 Å². The summed E-state index contributed by atoms with van der Waals surface area (Å²) in [6.07, 6.45) is 5.45. The number of fused-ring (bicyclic) bond motifs is 1. The maximum Gasteiger partial charge on any atom is 0.150 e. The number of pyridine rings is 1. The minimum Gasteiger partial charge on any atom is -0.385 e. The van der Waals surface area contributed by atoms with Crippen LogP contribution in [0, 0.1) is 17.5 Å². The van der Waals surface area contributed by atoms with Crippen LogP contribution in [0.15, 0.2) is 30.6 Å². The van der Waals surface area contributed by atoms with Crippen LogP contribution in [0.1, 0.15) is 31.2 Å². The van der Waals surface area contributed by atoms with E-state index in [0.717, 1.165) is 24.3 Å². The van der Waals surface area contributed by atoms with Crippen molar-refractivity contribution in [2.75, 3.05) is 24.6 Å². The molecule has 2 aliphatic heterocycles. The number of aromatic nitrogens is 2. The van der Waals surface area contributed by atoms with Crippen LogP contribution in [0.4, 0.5) is 13.2 Å². The van der Waals surface area contributed by atoms with Crippen molar-refractivity contribution in [3.63, 3.8) is 0 Å². The Hall–Kier alpha value is -2.03. The number of hydrogen-bond donors (Lipinski definition) is 2. The third-order valence-electron chi connectivity index (χ3n) is 6.68. The summed E-state index contributed by atoms with van der Waals surface area (Å²) >= 11 is 1.96. The molecule has 0 spiro atoms. The number of nitrogens with one attached hydrogen (secondary N) is 1. The summed E-state index contributed by atoms with van der Waals surface area (Å²) < 4.78 is 44.6. The van der Waals surface area contributed by atoms with Crippen molar-refractivity contribution in [2.45, 2.75) is 37.3 Å². The lowest BCUT2D eigenvalue weighted by atomic mass is 9.82. The van der Waals surface area contributed by atoms with Gasteiger partial charge in [-0.3, -0.25) is 0 Å². The lowest BCUT2D eigenvalue weighted by Gasteiger charge is -2.43. The summed E-state index contributed by atoms with van der Waals surface area (Å²) in [4.78, 5) is 9.11. The second kappa shape index (κ2) is 8.15. The predicted molar refractivity (Wildman–Crippen MR) is 116 cm³/mol. The molecule has 0 amide bonds. The topological polar surface area (TPSA) is 52.2 Å². The highest BCUT2D eigenvalue weighted by molar-refractivity contribution is 7.99. The number of benzene rings is 1. The number of piperidine rings is 1. The van der Waals surface area contributed by atoms with Crippen LogP contribution in [0.2, 0.25) is 0 Å². The Bertz CT molecular complexity index is 1080. The van der Waals surface area contributed by atoms with Gasteiger partial charge in [0, 0.05) is 31.5 Å². The standard InChI is InChI=1S/C23H24F3N3OS/c24-17-11-14(16-1-6-27-22-20(16)19(26)13-28-22)12-18(25)21(17)23(30)4-7-29(8-5-23)15-2-9-31-10-3-15/h1,6,11-13,15,30H,2-5,7-10H2,(H,27,28). The third-order valence-corrected chi connectivity index (χ3v) is 7.73. The SMILES string of the molecule is OC1(c2c(F)cc(-c3ccnc4[nH]cc(F)c34)cc2F)CCN(C2CCSCC2)CC1. The van der Waals surface area contributed by atoms with E-state index in [1.807, 2.05) is 11.8 Å². The van der Waals surface area contributed by atoms with Gasteiger partial charge in [-0.25, -0.2) is 18.2 Å². The summed E-state index contributed by atoms with van der Waals surface area (Å²) in [5, 5.41) is 11.4. The number of likely N-dealkylation sites (tertiary alicyclic amines) is 1. The van der Waals surface area contributed by atoms with Crippen molar-refractivity contribution in [1.29, 1.82) is 0 Å². The summed E-state index contributed by atoms with van der Waals surface area (Å²) in [6.45, 7) is 1.23. The van der Waals surface area contributed by atoms with Gasteiger partial charge in [-0.05, 0) is 66.5 Å². The first kappa shape index (κ1) is 20.8. The number of halogens is 3. The molecular weight excluding hydrogens is 423 g/mol. The molecule has 164 valence electrons. The second-order valence-corrected chi connectivity index (χ2v) is 9.67. The average Bonchev–Trinajstić information content (AvgIpc) is 3.15. The average molecular weight is 448 g/mol. The summed E-state index contributed by atoms with van der Waals surface area (Å²) in [7, 11) is 0. The van der Waals surface area contributed by atoms with Crippen molar-refractivity contribution in [2.24, 2.45) is 0 Å². The Morgan fingerprint density at radius 2 is 1.74 bits per heavy atom. The molecule has 0 aliphatic carbocycles. The largest absolute Gasteiger partial charge is 0.385 e. The highest BCUT2D eigenvalue weighted by Crippen LogP contribution is 2.40. The first-order chi connectivity index (χ1) is 15.0. The zero-order chi connectivity index (χ0) is 21.6. The lowest BCUT2D eigenvalue weighted by Crippen LogP contribution is -2.48. The quantitative estimate of drug-likeness (QED) is 0.604. The number of H-pyrrole nitrogens is 1. The van der Waals surface area contributed by atoms with E-state index < -0.39 is 23.1 Å². The molecule has 2 aliphatic rings. The van der Waals surface area contributed by atoms with Gasteiger partial charge in [0.15, 0.2) is 5.82 Å². The number of rotatable bonds is 3. The Labute approximate surface area is 182 Å². The van der Waals surface area contributed by atoms with Gasteiger partial charge in [-0.15, -0.1) is 0 Å². The van der Waals surface area contributed by atoms with E-state index in [-0.39, 0.29) is 29.4 Å². The zero-order valence-corrected chi connectivity index (χ0v) is 17.8. The van der Waals surface area contributed by atoms with E-state index in [9.17, 15) is 9.50 Å². The van der Waals surface area contributed by atoms with E-state index in [1.165, 1.54) is 30.6 Å². The monoisotopic (exact) mass is 447 g/mol. The van der Waals surface area contributed by atoms with Crippen LogP contribution in [0.3, 0.4) is 0 Å². The predicted octanol–water partition coefficient (Wildman–Crippen LogP) is 4.83. The van der Waals surface area contributed by atoms with Gasteiger partial charge in [0.2, 0.25) is 0 Å². The van der Waals surface area contributed by atoms with E-state index in [1.54, 1.807) is 0 Å². The molecule has 3 aromatic rings. The molecule has 1 aromatic carbocycles. The summed E-state index contributed by atoms with van der Waals surface area (Å²) in [6, 6.07) is 4.39. The molecule has 0 radical (unpaired) electrons. The van der Waals surface area contributed by atoms with E-state index in [0.29, 0.717) is 30.3 Å². The van der Waals surface area contributed by atoms with Crippen LogP contribution in [-0.4, -0.2) is 50.6 Å². The van der Waals surface area contributed by atoms with Gasteiger partial charge in [0.05, 0.1) is 16.6 Å². The third kappa shape index (κ3) is 3.75. The Balaban J connectivity index is 1.44. The number of thioether (sulfide) groups is 1.